The van der Waals surface area contributed by atoms with Crippen LogP contribution in [0.5, 0.6) is 0 Å². The Balaban J connectivity index is 0.00000338. The Morgan fingerprint density at radius 1 is 1.42 bits per heavy atom. The average molecular weight is 473 g/mol. The Hall–Kier alpha value is -1.68. The van der Waals surface area contributed by atoms with Crippen molar-refractivity contribution in [2.24, 2.45) is 4.99 Å². The van der Waals surface area contributed by atoms with Crippen LogP contribution >= 0.6 is 24.0 Å². The summed E-state index contributed by atoms with van der Waals surface area (Å²) in [5.74, 6) is 0.727. The molecular formula is C18H28IN5O2. The van der Waals surface area contributed by atoms with Gasteiger partial charge in [-0.1, -0.05) is 24.3 Å². The first-order chi connectivity index (χ1) is 12.0. The number of nitro groups is 1. The summed E-state index contributed by atoms with van der Waals surface area (Å²) in [7, 11) is 1.74. The molecule has 7 nitrogen and oxygen atoms in total. The molecule has 0 aromatic heterocycles. The van der Waals surface area contributed by atoms with Crippen molar-refractivity contribution in [2.75, 3.05) is 26.7 Å². The Kier molecular flexibility index (Phi) is 9.57. The van der Waals surface area contributed by atoms with Crippen LogP contribution in [0, 0.1) is 10.1 Å². The second kappa shape index (κ2) is 11.1. The lowest BCUT2D eigenvalue weighted by atomic mass is 10.0. The molecule has 2 rings (SSSR count). The summed E-state index contributed by atoms with van der Waals surface area (Å²) < 4.78 is 0. The molecule has 1 heterocycles. The molecule has 1 aliphatic heterocycles. The maximum absolute atomic E-state index is 10.8. The summed E-state index contributed by atoms with van der Waals surface area (Å²) in [5, 5.41) is 17.5. The number of rotatable bonds is 6. The molecule has 0 amide bonds. The van der Waals surface area contributed by atoms with Crippen molar-refractivity contribution in [1.29, 1.82) is 0 Å². The minimum atomic E-state index is -0.380. The number of piperidine rings is 1. The quantitative estimate of drug-likeness (QED) is 0.166. The molecule has 144 valence electrons. The van der Waals surface area contributed by atoms with Gasteiger partial charge in [-0.05, 0) is 25.3 Å². The van der Waals surface area contributed by atoms with Crippen LogP contribution in [0.1, 0.15) is 25.3 Å². The molecular weight excluding hydrogens is 445 g/mol. The zero-order chi connectivity index (χ0) is 18.2. The maximum Gasteiger partial charge on any atom is 0.269 e. The van der Waals surface area contributed by atoms with E-state index >= 15 is 0 Å². The molecule has 1 aromatic rings. The standard InChI is InChI=1S/C18H27N5O2.HI/c1-14(2)13-22-9-7-16(8-10-22)21-18(19-3)20-12-15-5-4-6-17(11-15)23(24)25;/h4-6,11,16H,1,7-10,12-13H2,2-3H3,(H2,19,20,21);1H. The SMILES string of the molecule is C=C(C)CN1CCC(NC(=NC)NCc2cccc([N+](=O)[O-])c2)CC1.I. The molecule has 0 radical (unpaired) electrons. The van der Waals surface area contributed by atoms with E-state index < -0.39 is 0 Å². The van der Waals surface area contributed by atoms with E-state index in [2.05, 4.69) is 34.0 Å². The smallest absolute Gasteiger partial charge is 0.269 e. The highest BCUT2D eigenvalue weighted by Gasteiger charge is 2.19. The van der Waals surface area contributed by atoms with Crippen LogP contribution in [0.25, 0.3) is 0 Å². The predicted octanol–water partition coefficient (Wildman–Crippen LogP) is 2.92. The molecule has 1 aromatic carbocycles. The molecule has 1 saturated heterocycles. The lowest BCUT2D eigenvalue weighted by molar-refractivity contribution is -0.384. The number of likely N-dealkylation sites (tertiary alicyclic amines) is 1. The van der Waals surface area contributed by atoms with Crippen molar-refractivity contribution in [2.45, 2.75) is 32.4 Å². The lowest BCUT2D eigenvalue weighted by Crippen LogP contribution is -2.48. The van der Waals surface area contributed by atoms with Crippen LogP contribution in [0.2, 0.25) is 0 Å². The third kappa shape index (κ3) is 7.28. The van der Waals surface area contributed by atoms with Crippen molar-refractivity contribution in [3.8, 4) is 0 Å². The molecule has 2 N–H and O–H groups in total. The average Bonchev–Trinajstić information content (AvgIpc) is 2.59. The minimum absolute atomic E-state index is 0. The number of nitro benzene ring substituents is 1. The predicted molar refractivity (Wildman–Crippen MR) is 116 cm³/mol. The van der Waals surface area contributed by atoms with Crippen molar-refractivity contribution in [3.63, 3.8) is 0 Å². The van der Waals surface area contributed by atoms with Crippen molar-refractivity contribution < 1.29 is 4.92 Å². The molecule has 26 heavy (non-hydrogen) atoms. The maximum atomic E-state index is 10.8. The molecule has 0 aliphatic carbocycles. The number of halogens is 1. The van der Waals surface area contributed by atoms with Crippen molar-refractivity contribution in [3.05, 3.63) is 52.1 Å². The van der Waals surface area contributed by atoms with Gasteiger partial charge in [0.1, 0.15) is 0 Å². The highest BCUT2D eigenvalue weighted by Crippen LogP contribution is 2.13. The van der Waals surface area contributed by atoms with Gasteiger partial charge in [0, 0.05) is 51.4 Å². The first-order valence-electron chi connectivity index (χ1n) is 8.55. The number of aliphatic imine (C=N–C) groups is 1. The van der Waals surface area contributed by atoms with E-state index in [0.29, 0.717) is 12.6 Å². The first-order valence-corrected chi connectivity index (χ1v) is 8.55. The third-order valence-electron chi connectivity index (χ3n) is 4.23. The van der Waals surface area contributed by atoms with E-state index in [-0.39, 0.29) is 34.6 Å². The summed E-state index contributed by atoms with van der Waals surface area (Å²) in [6.45, 7) is 9.59. The highest BCUT2D eigenvalue weighted by molar-refractivity contribution is 14.0. The first kappa shape index (κ1) is 22.4. The van der Waals surface area contributed by atoms with Crippen LogP contribution in [0.15, 0.2) is 41.4 Å². The van der Waals surface area contributed by atoms with E-state index in [1.807, 2.05) is 6.07 Å². The molecule has 0 bridgehead atoms. The zero-order valence-electron chi connectivity index (χ0n) is 15.4. The Morgan fingerprint density at radius 2 is 2.12 bits per heavy atom. The summed E-state index contributed by atoms with van der Waals surface area (Å²) in [6, 6.07) is 7.02. The Morgan fingerprint density at radius 3 is 2.69 bits per heavy atom. The lowest BCUT2D eigenvalue weighted by Gasteiger charge is -2.33. The van der Waals surface area contributed by atoms with Crippen molar-refractivity contribution in [1.82, 2.24) is 15.5 Å². The van der Waals surface area contributed by atoms with Gasteiger partial charge in [-0.3, -0.25) is 20.0 Å². The number of guanidine groups is 1. The summed E-state index contributed by atoms with van der Waals surface area (Å²) in [5.41, 5.74) is 2.15. The number of hydrogen-bond acceptors (Lipinski definition) is 4. The second-order valence-electron chi connectivity index (χ2n) is 6.50. The van der Waals surface area contributed by atoms with Gasteiger partial charge < -0.3 is 10.6 Å². The molecule has 1 aliphatic rings. The fourth-order valence-corrected chi connectivity index (χ4v) is 2.97. The van der Waals surface area contributed by atoms with Crippen LogP contribution < -0.4 is 10.6 Å². The number of non-ortho nitro benzene ring substituents is 1. The third-order valence-corrected chi connectivity index (χ3v) is 4.23. The Bertz CT molecular complexity index is 642. The van der Waals surface area contributed by atoms with E-state index in [9.17, 15) is 10.1 Å². The number of nitrogens with one attached hydrogen (secondary N) is 2. The molecule has 0 spiro atoms. The topological polar surface area (TPSA) is 82.8 Å². The van der Waals surface area contributed by atoms with Gasteiger partial charge in [0.05, 0.1) is 4.92 Å². The van der Waals surface area contributed by atoms with Crippen LogP contribution in [0.3, 0.4) is 0 Å². The molecule has 0 atom stereocenters. The van der Waals surface area contributed by atoms with E-state index in [1.54, 1.807) is 19.2 Å². The fraction of sp³-hybridized carbons (Fsp3) is 0.500. The van der Waals surface area contributed by atoms with E-state index in [1.165, 1.54) is 11.6 Å². The molecule has 1 fully saturated rings. The summed E-state index contributed by atoms with van der Waals surface area (Å²) in [4.78, 5) is 17.1. The molecule has 0 unspecified atom stereocenters. The van der Waals surface area contributed by atoms with Gasteiger partial charge >= 0.3 is 0 Å². The van der Waals surface area contributed by atoms with Gasteiger partial charge in [-0.2, -0.15) is 0 Å². The summed E-state index contributed by atoms with van der Waals surface area (Å²) >= 11 is 0. The Labute approximate surface area is 172 Å². The van der Waals surface area contributed by atoms with Gasteiger partial charge in [0.15, 0.2) is 5.96 Å². The minimum Gasteiger partial charge on any atom is -0.354 e. The van der Waals surface area contributed by atoms with Crippen LogP contribution in [-0.2, 0) is 6.54 Å². The largest absolute Gasteiger partial charge is 0.354 e. The fourth-order valence-electron chi connectivity index (χ4n) is 2.97. The molecule has 0 saturated carbocycles. The van der Waals surface area contributed by atoms with Crippen molar-refractivity contribution >= 4 is 35.6 Å². The zero-order valence-corrected chi connectivity index (χ0v) is 17.7. The second-order valence-corrected chi connectivity index (χ2v) is 6.50. The number of nitrogens with zero attached hydrogens (tertiary/aromatic N) is 3. The number of hydrogen-bond donors (Lipinski definition) is 2. The normalized spacial score (nSPS) is 15.8. The number of benzene rings is 1. The monoisotopic (exact) mass is 473 g/mol. The van der Waals surface area contributed by atoms with E-state index in [0.717, 1.165) is 44.0 Å². The van der Waals surface area contributed by atoms with Gasteiger partial charge in [-0.25, -0.2) is 0 Å². The summed E-state index contributed by atoms with van der Waals surface area (Å²) in [6.07, 6.45) is 2.12. The van der Waals surface area contributed by atoms with E-state index in [4.69, 9.17) is 0 Å². The van der Waals surface area contributed by atoms with Crippen LogP contribution in [-0.4, -0.2) is 48.5 Å². The molecule has 8 heteroatoms. The van der Waals surface area contributed by atoms with Gasteiger partial charge in [0.25, 0.3) is 5.69 Å². The van der Waals surface area contributed by atoms with Crippen LogP contribution in [0.4, 0.5) is 5.69 Å². The highest BCUT2D eigenvalue weighted by atomic mass is 127. The van der Waals surface area contributed by atoms with Gasteiger partial charge in [-0.15, -0.1) is 24.0 Å². The van der Waals surface area contributed by atoms with Gasteiger partial charge in [0.2, 0.25) is 0 Å².